The topological polar surface area (TPSA) is 58.5 Å². The van der Waals surface area contributed by atoms with Gasteiger partial charge in [-0.3, -0.25) is 4.99 Å². The first-order valence-corrected chi connectivity index (χ1v) is 9.91. The number of hydrogen-bond donors (Lipinski definition) is 1. The van der Waals surface area contributed by atoms with Crippen LogP contribution >= 0.6 is 11.8 Å². The number of nitrogens with one attached hydrogen (secondary N) is 1. The van der Waals surface area contributed by atoms with E-state index >= 15 is 0 Å². The number of benzene rings is 1. The Balaban J connectivity index is 1.93. The highest BCUT2D eigenvalue weighted by Crippen LogP contribution is 2.44. The average molecular weight is 324 g/mol. The summed E-state index contributed by atoms with van der Waals surface area (Å²) in [5.41, 5.74) is 2.39. The molecular weight excluding hydrogens is 304 g/mol. The molecule has 0 amide bonds. The predicted octanol–water partition coefficient (Wildman–Crippen LogP) is 2.55. The van der Waals surface area contributed by atoms with E-state index in [1.54, 1.807) is 17.8 Å². The van der Waals surface area contributed by atoms with Gasteiger partial charge in [-0.15, -0.1) is 0 Å². The van der Waals surface area contributed by atoms with Crippen molar-refractivity contribution in [3.8, 4) is 0 Å². The highest BCUT2D eigenvalue weighted by Gasteiger charge is 2.40. The lowest BCUT2D eigenvalue weighted by atomic mass is 10.1. The maximum Gasteiger partial charge on any atom is 0.178 e. The van der Waals surface area contributed by atoms with E-state index in [1.165, 1.54) is 5.56 Å². The van der Waals surface area contributed by atoms with E-state index in [0.717, 1.165) is 23.7 Å². The summed E-state index contributed by atoms with van der Waals surface area (Å²) in [5, 5.41) is 4.86. The lowest BCUT2D eigenvalue weighted by molar-refractivity contribution is 0.594. The highest BCUT2D eigenvalue weighted by molar-refractivity contribution is 8.14. The van der Waals surface area contributed by atoms with Crippen molar-refractivity contribution in [1.29, 1.82) is 0 Å². The molecule has 0 radical (unpaired) electrons. The van der Waals surface area contributed by atoms with Gasteiger partial charge in [0.05, 0.1) is 16.7 Å². The smallest absolute Gasteiger partial charge is 0.178 e. The summed E-state index contributed by atoms with van der Waals surface area (Å²) in [6.07, 6.45) is 1.63. The molecule has 2 aliphatic rings. The fourth-order valence-corrected chi connectivity index (χ4v) is 5.63. The lowest BCUT2D eigenvalue weighted by Gasteiger charge is -2.11. The van der Waals surface area contributed by atoms with Crippen LogP contribution < -0.4 is 5.32 Å². The monoisotopic (exact) mass is 324 g/mol. The quantitative estimate of drug-likeness (QED) is 0.925. The summed E-state index contributed by atoms with van der Waals surface area (Å²) in [7, 11) is -3.15. The van der Waals surface area contributed by atoms with Crippen LogP contribution in [0.4, 0.5) is 0 Å². The first-order chi connectivity index (χ1) is 10.0. The van der Waals surface area contributed by atoms with E-state index in [2.05, 4.69) is 10.3 Å². The summed E-state index contributed by atoms with van der Waals surface area (Å²) >= 11 is 1.78. The number of fused-ring (bicyclic) bond motifs is 3. The molecule has 1 aliphatic carbocycles. The Labute approximate surface area is 130 Å². The van der Waals surface area contributed by atoms with Crippen LogP contribution in [-0.2, 0) is 16.3 Å². The molecule has 1 aromatic rings. The number of sulfone groups is 1. The van der Waals surface area contributed by atoms with Crippen molar-refractivity contribution >= 4 is 26.8 Å². The van der Waals surface area contributed by atoms with Gasteiger partial charge < -0.3 is 5.32 Å². The molecule has 2 atom stereocenters. The van der Waals surface area contributed by atoms with E-state index < -0.39 is 9.84 Å². The Morgan fingerprint density at radius 1 is 1.38 bits per heavy atom. The first kappa shape index (κ1) is 14.9. The van der Waals surface area contributed by atoms with Crippen LogP contribution in [-0.4, -0.2) is 31.1 Å². The fraction of sp³-hybridized carbons (Fsp3) is 0.533. The van der Waals surface area contributed by atoms with Crippen molar-refractivity contribution in [2.24, 2.45) is 4.99 Å². The van der Waals surface area contributed by atoms with Gasteiger partial charge in [0.15, 0.2) is 15.0 Å². The molecule has 1 aromatic carbocycles. The zero-order chi connectivity index (χ0) is 15.0. The molecule has 114 valence electrons. The number of hydrogen-bond acceptors (Lipinski definition) is 4. The predicted molar refractivity (Wildman–Crippen MR) is 87.7 cm³/mol. The molecule has 6 heteroatoms. The van der Waals surface area contributed by atoms with Gasteiger partial charge >= 0.3 is 0 Å². The Kier molecular flexibility index (Phi) is 4.01. The molecular formula is C15H20N2O2S2. The van der Waals surface area contributed by atoms with Gasteiger partial charge in [-0.05, 0) is 43.0 Å². The highest BCUT2D eigenvalue weighted by atomic mass is 32.2. The van der Waals surface area contributed by atoms with Crippen LogP contribution in [0.2, 0.25) is 0 Å². The average Bonchev–Trinajstić information content (AvgIpc) is 2.95. The maximum atomic E-state index is 12.2. The van der Waals surface area contributed by atoms with Gasteiger partial charge in [0.2, 0.25) is 0 Å². The second kappa shape index (κ2) is 5.65. The third kappa shape index (κ3) is 2.71. The zero-order valence-electron chi connectivity index (χ0n) is 12.3. The van der Waals surface area contributed by atoms with Crippen LogP contribution in [0.3, 0.4) is 0 Å². The second-order valence-corrected chi connectivity index (χ2v) is 8.78. The Bertz CT molecular complexity index is 683. The van der Waals surface area contributed by atoms with Crippen LogP contribution in [0.15, 0.2) is 28.1 Å². The SMILES string of the molecule is CCCS(=O)(=O)c1ccc2c(c1)C1NC(=NCC)SC1C2. The first-order valence-electron chi connectivity index (χ1n) is 7.38. The molecule has 1 fully saturated rings. The third-order valence-electron chi connectivity index (χ3n) is 3.92. The fourth-order valence-electron chi connectivity index (χ4n) is 2.98. The molecule has 21 heavy (non-hydrogen) atoms. The van der Waals surface area contributed by atoms with Crippen molar-refractivity contribution in [3.05, 3.63) is 29.3 Å². The zero-order valence-corrected chi connectivity index (χ0v) is 13.9. The molecule has 3 rings (SSSR count). The van der Waals surface area contributed by atoms with Crippen LogP contribution in [0, 0.1) is 0 Å². The molecule has 4 nitrogen and oxygen atoms in total. The van der Waals surface area contributed by atoms with Crippen molar-refractivity contribution in [2.45, 2.75) is 42.9 Å². The molecule has 1 saturated heterocycles. The minimum Gasteiger partial charge on any atom is -0.357 e. The van der Waals surface area contributed by atoms with Gasteiger partial charge in [0.25, 0.3) is 0 Å². The van der Waals surface area contributed by atoms with Gasteiger partial charge in [0, 0.05) is 11.8 Å². The second-order valence-electron chi connectivity index (χ2n) is 5.44. The summed E-state index contributed by atoms with van der Waals surface area (Å²) in [6.45, 7) is 4.68. The normalized spacial score (nSPS) is 25.7. The van der Waals surface area contributed by atoms with E-state index in [9.17, 15) is 8.42 Å². The molecule has 0 aromatic heterocycles. The molecule has 1 N–H and O–H groups in total. The molecule has 0 bridgehead atoms. The molecule has 2 unspecified atom stereocenters. The van der Waals surface area contributed by atoms with Gasteiger partial charge in [0.1, 0.15) is 0 Å². The summed E-state index contributed by atoms with van der Waals surface area (Å²) < 4.78 is 24.5. The van der Waals surface area contributed by atoms with Crippen LogP contribution in [0.5, 0.6) is 0 Å². The lowest BCUT2D eigenvalue weighted by Crippen LogP contribution is -2.20. The van der Waals surface area contributed by atoms with Crippen molar-refractivity contribution in [2.75, 3.05) is 12.3 Å². The van der Waals surface area contributed by atoms with Crippen molar-refractivity contribution < 1.29 is 8.42 Å². The minimum absolute atomic E-state index is 0.201. The number of aliphatic imine (C=N–C) groups is 1. The Morgan fingerprint density at radius 3 is 2.90 bits per heavy atom. The van der Waals surface area contributed by atoms with E-state index in [0.29, 0.717) is 16.6 Å². The molecule has 0 spiro atoms. The molecule has 0 saturated carbocycles. The molecule has 1 heterocycles. The molecule has 1 aliphatic heterocycles. The number of thioether (sulfide) groups is 1. The van der Waals surface area contributed by atoms with Crippen molar-refractivity contribution in [3.63, 3.8) is 0 Å². The number of nitrogens with zero attached hydrogens (tertiary/aromatic N) is 1. The van der Waals surface area contributed by atoms with Gasteiger partial charge in [-0.2, -0.15) is 0 Å². The van der Waals surface area contributed by atoms with E-state index in [-0.39, 0.29) is 11.8 Å². The largest absolute Gasteiger partial charge is 0.357 e. The minimum atomic E-state index is -3.15. The van der Waals surface area contributed by atoms with E-state index in [4.69, 9.17) is 0 Å². The third-order valence-corrected chi connectivity index (χ3v) is 7.05. The maximum absolute atomic E-state index is 12.2. The number of rotatable bonds is 4. The number of amidine groups is 1. The Morgan fingerprint density at radius 2 is 2.19 bits per heavy atom. The summed E-state index contributed by atoms with van der Waals surface area (Å²) in [6, 6.07) is 5.81. The summed E-state index contributed by atoms with van der Waals surface area (Å²) in [4.78, 5) is 4.88. The van der Waals surface area contributed by atoms with Crippen LogP contribution in [0.1, 0.15) is 37.4 Å². The van der Waals surface area contributed by atoms with E-state index in [1.807, 2.05) is 26.0 Å². The standard InChI is InChI=1S/C15H20N2O2S2/c1-3-7-21(18,19)11-6-5-10-8-13-14(12(10)9-11)17-15(20-13)16-4-2/h5-6,9,13-14H,3-4,7-8H2,1-2H3,(H,16,17). The van der Waals surface area contributed by atoms with Crippen LogP contribution in [0.25, 0.3) is 0 Å². The van der Waals surface area contributed by atoms with Gasteiger partial charge in [-0.25, -0.2) is 8.42 Å². The van der Waals surface area contributed by atoms with Crippen molar-refractivity contribution in [1.82, 2.24) is 5.32 Å². The Hall–Kier alpha value is -1.01. The van der Waals surface area contributed by atoms with Gasteiger partial charge in [-0.1, -0.05) is 24.8 Å². The summed E-state index contributed by atoms with van der Waals surface area (Å²) in [5.74, 6) is 0.213.